The quantitative estimate of drug-likeness (QED) is 0.768. The Kier molecular flexibility index (Phi) is 4.04. The second kappa shape index (κ2) is 6.29. The zero-order valence-corrected chi connectivity index (χ0v) is 17.3. The number of amides is 3. The van der Waals surface area contributed by atoms with E-state index in [2.05, 4.69) is 48.0 Å². The number of piperazine rings is 1. The standard InChI is InChI=1S/C22H28N4O3/c1-22(2,3)24-11-15-9-16(12-24)26(15)14-4-5-17-13(8-14)10-25(21(17)29)18-6-7-19(27)23-20(18)28/h4-5,8,15-16,18H,6-7,9-12H2,1-3H3,(H,23,27,28)/t15?,16?,18-/m1/s1. The summed E-state index contributed by atoms with van der Waals surface area (Å²) in [7, 11) is 0. The fraction of sp³-hybridized carbons (Fsp3) is 0.591. The highest BCUT2D eigenvalue weighted by Gasteiger charge is 2.47. The third kappa shape index (κ3) is 2.94. The molecule has 7 heteroatoms. The number of carbonyl (C=O) groups is 3. The summed E-state index contributed by atoms with van der Waals surface area (Å²) in [5.41, 5.74) is 3.03. The maximum absolute atomic E-state index is 12.9. The summed E-state index contributed by atoms with van der Waals surface area (Å²) < 4.78 is 0. The van der Waals surface area contributed by atoms with Crippen molar-refractivity contribution in [2.75, 3.05) is 18.0 Å². The van der Waals surface area contributed by atoms with E-state index >= 15 is 0 Å². The molecule has 4 saturated heterocycles. The summed E-state index contributed by atoms with van der Waals surface area (Å²) >= 11 is 0. The molecule has 7 nitrogen and oxygen atoms in total. The average Bonchev–Trinajstić information content (AvgIpc) is 2.97. The molecule has 154 valence electrons. The molecular weight excluding hydrogens is 368 g/mol. The van der Waals surface area contributed by atoms with Crippen LogP contribution in [0.5, 0.6) is 0 Å². The van der Waals surface area contributed by atoms with Crippen molar-refractivity contribution < 1.29 is 14.4 Å². The maximum Gasteiger partial charge on any atom is 0.255 e. The number of nitrogens with zero attached hydrogens (tertiary/aromatic N) is 3. The van der Waals surface area contributed by atoms with Gasteiger partial charge in [-0.1, -0.05) is 0 Å². The summed E-state index contributed by atoms with van der Waals surface area (Å²) in [5.74, 6) is -0.725. The number of carbonyl (C=O) groups excluding carboxylic acids is 3. The van der Waals surface area contributed by atoms with Crippen molar-refractivity contribution in [1.29, 1.82) is 0 Å². The van der Waals surface area contributed by atoms with Crippen LogP contribution in [0.3, 0.4) is 0 Å². The van der Waals surface area contributed by atoms with Gasteiger partial charge in [-0.05, 0) is 57.4 Å². The van der Waals surface area contributed by atoms with Gasteiger partial charge in [0, 0.05) is 54.9 Å². The normalized spacial score (nSPS) is 29.6. The molecule has 0 saturated carbocycles. The minimum absolute atomic E-state index is 0.108. The molecule has 1 aromatic carbocycles. The largest absolute Gasteiger partial charge is 0.363 e. The van der Waals surface area contributed by atoms with Crippen molar-refractivity contribution in [2.45, 2.75) is 70.2 Å². The Morgan fingerprint density at radius 2 is 1.79 bits per heavy atom. The van der Waals surface area contributed by atoms with Crippen LogP contribution >= 0.6 is 0 Å². The van der Waals surface area contributed by atoms with E-state index in [1.54, 1.807) is 4.90 Å². The third-order valence-electron chi connectivity index (χ3n) is 6.95. The van der Waals surface area contributed by atoms with Gasteiger partial charge in [-0.25, -0.2) is 0 Å². The number of benzene rings is 1. The van der Waals surface area contributed by atoms with Crippen molar-refractivity contribution in [2.24, 2.45) is 0 Å². The second-order valence-electron chi connectivity index (χ2n) is 9.77. The molecule has 0 aliphatic carbocycles. The highest BCUT2D eigenvalue weighted by molar-refractivity contribution is 6.05. The third-order valence-corrected chi connectivity index (χ3v) is 6.95. The van der Waals surface area contributed by atoms with Gasteiger partial charge in [-0.3, -0.25) is 24.6 Å². The summed E-state index contributed by atoms with van der Waals surface area (Å²) in [5, 5.41) is 2.36. The van der Waals surface area contributed by atoms with E-state index in [1.165, 1.54) is 12.1 Å². The summed E-state index contributed by atoms with van der Waals surface area (Å²) in [6, 6.07) is 6.58. The van der Waals surface area contributed by atoms with Crippen molar-refractivity contribution in [1.82, 2.24) is 15.1 Å². The monoisotopic (exact) mass is 396 g/mol. The topological polar surface area (TPSA) is 73.0 Å². The second-order valence-corrected chi connectivity index (χ2v) is 9.77. The van der Waals surface area contributed by atoms with Gasteiger partial charge in [0.25, 0.3) is 5.91 Å². The van der Waals surface area contributed by atoms with E-state index in [0.717, 1.165) is 18.7 Å². The Bertz CT molecular complexity index is 894. The number of fused-ring (bicyclic) bond motifs is 3. The predicted octanol–water partition coefficient (Wildman–Crippen LogP) is 1.51. The molecule has 5 heterocycles. The molecule has 5 aliphatic rings. The molecule has 6 rings (SSSR count). The Morgan fingerprint density at radius 1 is 1.07 bits per heavy atom. The van der Waals surface area contributed by atoms with Crippen LogP contribution < -0.4 is 10.2 Å². The van der Waals surface area contributed by atoms with E-state index in [1.807, 2.05) is 6.07 Å². The predicted molar refractivity (Wildman–Crippen MR) is 108 cm³/mol. The lowest BCUT2D eigenvalue weighted by Crippen LogP contribution is -2.71. The van der Waals surface area contributed by atoms with Crippen molar-refractivity contribution in [3.05, 3.63) is 29.3 Å². The Hall–Kier alpha value is -2.41. The fourth-order valence-electron chi connectivity index (χ4n) is 5.30. The van der Waals surface area contributed by atoms with E-state index in [4.69, 9.17) is 0 Å². The van der Waals surface area contributed by atoms with Crippen LogP contribution in [0.25, 0.3) is 0 Å². The van der Waals surface area contributed by atoms with Gasteiger partial charge in [0.2, 0.25) is 11.8 Å². The van der Waals surface area contributed by atoms with E-state index in [0.29, 0.717) is 30.6 Å². The minimum Gasteiger partial charge on any atom is -0.363 e. The highest BCUT2D eigenvalue weighted by Crippen LogP contribution is 2.40. The minimum atomic E-state index is -0.556. The van der Waals surface area contributed by atoms with Crippen molar-refractivity contribution in [3.8, 4) is 0 Å². The number of hydrogen-bond donors (Lipinski definition) is 1. The summed E-state index contributed by atoms with van der Waals surface area (Å²) in [6.07, 6.45) is 1.91. The zero-order valence-electron chi connectivity index (χ0n) is 17.3. The maximum atomic E-state index is 12.9. The van der Waals surface area contributed by atoms with Crippen LogP contribution in [0, 0.1) is 0 Å². The van der Waals surface area contributed by atoms with E-state index in [9.17, 15) is 14.4 Å². The van der Waals surface area contributed by atoms with Gasteiger partial charge in [-0.2, -0.15) is 0 Å². The molecule has 0 aromatic heterocycles. The molecule has 0 radical (unpaired) electrons. The van der Waals surface area contributed by atoms with Crippen LogP contribution in [0.4, 0.5) is 5.69 Å². The lowest BCUT2D eigenvalue weighted by molar-refractivity contribution is -0.136. The molecule has 0 spiro atoms. The molecule has 1 N–H and O–H groups in total. The van der Waals surface area contributed by atoms with E-state index < -0.39 is 6.04 Å². The Balaban J connectivity index is 1.34. The van der Waals surface area contributed by atoms with Crippen molar-refractivity contribution in [3.63, 3.8) is 0 Å². The van der Waals surface area contributed by atoms with Crippen LogP contribution in [0.1, 0.15) is 56.0 Å². The first kappa shape index (κ1) is 18.6. The number of rotatable bonds is 2. The number of hydrogen-bond acceptors (Lipinski definition) is 5. The first-order valence-electron chi connectivity index (χ1n) is 10.5. The van der Waals surface area contributed by atoms with Crippen LogP contribution in [0.2, 0.25) is 0 Å². The van der Waals surface area contributed by atoms with Gasteiger partial charge in [0.1, 0.15) is 6.04 Å². The van der Waals surface area contributed by atoms with Crippen LogP contribution in [-0.2, 0) is 16.1 Å². The van der Waals surface area contributed by atoms with Gasteiger partial charge in [-0.15, -0.1) is 0 Å². The first-order chi connectivity index (χ1) is 13.7. The number of nitrogens with one attached hydrogen (secondary N) is 1. The highest BCUT2D eigenvalue weighted by atomic mass is 16.2. The molecule has 3 atom stereocenters. The van der Waals surface area contributed by atoms with Gasteiger partial charge in [0.15, 0.2) is 0 Å². The van der Waals surface area contributed by atoms with Gasteiger partial charge >= 0.3 is 0 Å². The molecule has 4 fully saturated rings. The van der Waals surface area contributed by atoms with Crippen molar-refractivity contribution >= 4 is 23.4 Å². The first-order valence-corrected chi connectivity index (χ1v) is 10.5. The Morgan fingerprint density at radius 3 is 2.45 bits per heavy atom. The molecular formula is C22H28N4O3. The number of anilines is 1. The van der Waals surface area contributed by atoms with Gasteiger partial charge < -0.3 is 9.80 Å². The molecule has 2 unspecified atom stereocenters. The number of imide groups is 1. The Labute approximate surface area is 171 Å². The smallest absolute Gasteiger partial charge is 0.255 e. The lowest BCUT2D eigenvalue weighted by atomic mass is 9.84. The molecule has 2 bridgehead atoms. The molecule has 3 amide bonds. The van der Waals surface area contributed by atoms with Gasteiger partial charge in [0.05, 0.1) is 0 Å². The lowest BCUT2D eigenvalue weighted by Gasteiger charge is -2.60. The molecule has 1 aromatic rings. The van der Waals surface area contributed by atoms with E-state index in [-0.39, 0.29) is 29.7 Å². The average molecular weight is 396 g/mol. The zero-order chi connectivity index (χ0) is 20.5. The van der Waals surface area contributed by atoms with Crippen LogP contribution in [0.15, 0.2) is 18.2 Å². The summed E-state index contributed by atoms with van der Waals surface area (Å²) in [4.78, 5) is 43.2. The molecule has 5 aliphatic heterocycles. The molecule has 29 heavy (non-hydrogen) atoms. The summed E-state index contributed by atoms with van der Waals surface area (Å²) in [6.45, 7) is 9.38. The number of piperidine rings is 2. The fourth-order valence-corrected chi connectivity index (χ4v) is 5.30. The van der Waals surface area contributed by atoms with Crippen LogP contribution in [-0.4, -0.2) is 64.3 Å². The SMILES string of the molecule is CC(C)(C)N1CC2CC(C1)N2c1ccc2c(c1)CN([C@@H]1CCC(=O)NC1=O)C2=O.